The van der Waals surface area contributed by atoms with Crippen LogP contribution in [0.15, 0.2) is 47.5 Å². The molecular weight excluding hydrogens is 378 g/mol. The van der Waals surface area contributed by atoms with Gasteiger partial charge in [0.05, 0.1) is 22.6 Å². The van der Waals surface area contributed by atoms with Gasteiger partial charge in [0.15, 0.2) is 0 Å². The summed E-state index contributed by atoms with van der Waals surface area (Å²) in [6.45, 7) is 7.92. The molecule has 0 amide bonds. The van der Waals surface area contributed by atoms with Crippen molar-refractivity contribution >= 4 is 28.4 Å². The van der Waals surface area contributed by atoms with Crippen molar-refractivity contribution in [2.45, 2.75) is 24.7 Å². The second kappa shape index (κ2) is 9.57. The number of nitrogens with zero attached hydrogens (tertiary/aromatic N) is 3. The van der Waals surface area contributed by atoms with E-state index in [1.54, 1.807) is 0 Å². The quantitative estimate of drug-likeness (QED) is 0.462. The van der Waals surface area contributed by atoms with Gasteiger partial charge >= 0.3 is 0 Å². The second-order valence-corrected chi connectivity index (χ2v) is 8.70. The van der Waals surface area contributed by atoms with E-state index in [1.807, 2.05) is 48.3 Å². The van der Waals surface area contributed by atoms with Crippen molar-refractivity contribution in [3.8, 4) is 0 Å². The Kier molecular flexibility index (Phi) is 6.64. The Balaban J connectivity index is 1.40. The zero-order valence-corrected chi connectivity index (χ0v) is 17.8. The minimum Gasteiger partial charge on any atom is -0.397 e. The summed E-state index contributed by atoms with van der Waals surface area (Å²) in [5.74, 6) is 1.13. The van der Waals surface area contributed by atoms with Gasteiger partial charge in [0.1, 0.15) is 0 Å². The molecular formula is C23H29N5S. The van der Waals surface area contributed by atoms with Gasteiger partial charge < -0.3 is 16.0 Å². The molecule has 1 aromatic carbocycles. The van der Waals surface area contributed by atoms with Gasteiger partial charge in [-0.3, -0.25) is 9.97 Å². The smallest absolute Gasteiger partial charge is 0.0707 e. The summed E-state index contributed by atoms with van der Waals surface area (Å²) >= 11 is 1.93. The van der Waals surface area contributed by atoms with E-state index in [4.69, 9.17) is 10.7 Å². The molecule has 3 aromatic rings. The number of nitrogens with one attached hydrogen (secondary N) is 1. The third-order valence-corrected chi connectivity index (χ3v) is 6.76. The topological polar surface area (TPSA) is 67.1 Å². The first kappa shape index (κ1) is 20.1. The molecule has 0 unspecified atom stereocenters. The second-order valence-electron chi connectivity index (χ2n) is 7.57. The molecule has 1 aliphatic heterocycles. The Morgan fingerprint density at radius 3 is 2.83 bits per heavy atom. The SMILES string of the molecule is Cc1c(SCCCN2CCNCC2)ccnc1Cc1nc2ccccc2cc1N. The first-order chi connectivity index (χ1) is 14.2. The Bertz CT molecular complexity index is 969. The number of aromatic nitrogens is 2. The van der Waals surface area contributed by atoms with Crippen molar-refractivity contribution in [3.63, 3.8) is 0 Å². The van der Waals surface area contributed by atoms with Gasteiger partial charge in [-0.25, -0.2) is 0 Å². The fourth-order valence-electron chi connectivity index (χ4n) is 3.77. The molecule has 29 heavy (non-hydrogen) atoms. The molecule has 152 valence electrons. The first-order valence-electron chi connectivity index (χ1n) is 10.4. The molecule has 6 heteroatoms. The molecule has 0 atom stereocenters. The van der Waals surface area contributed by atoms with Crippen molar-refractivity contribution < 1.29 is 0 Å². The largest absolute Gasteiger partial charge is 0.397 e. The summed E-state index contributed by atoms with van der Waals surface area (Å²) in [7, 11) is 0. The maximum Gasteiger partial charge on any atom is 0.0707 e. The number of pyridine rings is 2. The predicted molar refractivity (Wildman–Crippen MR) is 123 cm³/mol. The number of benzene rings is 1. The van der Waals surface area contributed by atoms with Crippen LogP contribution in [-0.4, -0.2) is 53.3 Å². The highest BCUT2D eigenvalue weighted by Crippen LogP contribution is 2.27. The molecule has 3 N–H and O–H groups in total. The summed E-state index contributed by atoms with van der Waals surface area (Å²) in [4.78, 5) is 13.3. The summed E-state index contributed by atoms with van der Waals surface area (Å²) in [6.07, 6.45) is 3.79. The third-order valence-electron chi connectivity index (χ3n) is 5.52. The van der Waals surface area contributed by atoms with E-state index in [2.05, 4.69) is 28.2 Å². The number of piperazine rings is 1. The van der Waals surface area contributed by atoms with Crippen LogP contribution >= 0.6 is 11.8 Å². The fraction of sp³-hybridized carbons (Fsp3) is 0.391. The monoisotopic (exact) mass is 407 g/mol. The number of rotatable bonds is 7. The number of para-hydroxylation sites is 1. The standard InChI is InChI=1S/C23H29N5S/c1-17-21(16-22-19(24)15-18-5-2-3-6-20(18)27-22)26-8-7-23(17)29-14-4-11-28-12-9-25-10-13-28/h2-3,5-8,15,25H,4,9-14,16,24H2,1H3. The minimum atomic E-state index is 0.664. The highest BCUT2D eigenvalue weighted by molar-refractivity contribution is 7.99. The first-order valence-corrected chi connectivity index (χ1v) is 11.3. The van der Waals surface area contributed by atoms with Crippen LogP contribution in [0.2, 0.25) is 0 Å². The van der Waals surface area contributed by atoms with Crippen LogP contribution in [0.5, 0.6) is 0 Å². The van der Waals surface area contributed by atoms with E-state index >= 15 is 0 Å². The maximum absolute atomic E-state index is 6.29. The molecule has 5 nitrogen and oxygen atoms in total. The van der Waals surface area contributed by atoms with Gasteiger partial charge in [-0.1, -0.05) is 18.2 Å². The van der Waals surface area contributed by atoms with Gasteiger partial charge in [-0.2, -0.15) is 0 Å². The molecule has 1 saturated heterocycles. The summed E-state index contributed by atoms with van der Waals surface area (Å²) in [5.41, 5.74) is 11.2. The average Bonchev–Trinajstić information content (AvgIpc) is 2.75. The van der Waals surface area contributed by atoms with Crippen molar-refractivity contribution in [2.24, 2.45) is 0 Å². The number of hydrogen-bond donors (Lipinski definition) is 2. The van der Waals surface area contributed by atoms with E-state index in [0.29, 0.717) is 6.42 Å². The van der Waals surface area contributed by atoms with Gasteiger partial charge in [0.2, 0.25) is 0 Å². The Morgan fingerprint density at radius 2 is 1.97 bits per heavy atom. The molecule has 4 rings (SSSR count). The molecule has 3 heterocycles. The summed E-state index contributed by atoms with van der Waals surface area (Å²) in [5, 5.41) is 4.49. The third kappa shape index (κ3) is 5.07. The number of anilines is 1. The van der Waals surface area contributed by atoms with E-state index in [-0.39, 0.29) is 0 Å². The number of hydrogen-bond acceptors (Lipinski definition) is 6. The van der Waals surface area contributed by atoms with Gasteiger partial charge in [-0.15, -0.1) is 11.8 Å². The number of nitrogens with two attached hydrogens (primary N) is 1. The van der Waals surface area contributed by atoms with Gasteiger partial charge in [-0.05, 0) is 49.4 Å². The normalized spacial score (nSPS) is 15.1. The van der Waals surface area contributed by atoms with Crippen LogP contribution in [0.4, 0.5) is 5.69 Å². The Morgan fingerprint density at radius 1 is 1.14 bits per heavy atom. The average molecular weight is 408 g/mol. The summed E-state index contributed by atoms with van der Waals surface area (Å²) < 4.78 is 0. The lowest BCUT2D eigenvalue weighted by atomic mass is 10.1. The lowest BCUT2D eigenvalue weighted by molar-refractivity contribution is 0.242. The Labute approximate surface area is 177 Å². The van der Waals surface area contributed by atoms with Gasteiger partial charge in [0, 0.05) is 49.1 Å². The van der Waals surface area contributed by atoms with E-state index in [0.717, 1.165) is 46.8 Å². The van der Waals surface area contributed by atoms with Crippen molar-refractivity contribution in [1.29, 1.82) is 0 Å². The lowest BCUT2D eigenvalue weighted by Gasteiger charge is -2.27. The van der Waals surface area contributed by atoms with E-state index < -0.39 is 0 Å². The molecule has 2 aromatic heterocycles. The molecule has 0 bridgehead atoms. The maximum atomic E-state index is 6.29. The van der Waals surface area contributed by atoms with E-state index in [1.165, 1.54) is 36.5 Å². The van der Waals surface area contributed by atoms with E-state index in [9.17, 15) is 0 Å². The van der Waals surface area contributed by atoms with Gasteiger partial charge in [0.25, 0.3) is 0 Å². The van der Waals surface area contributed by atoms with Crippen LogP contribution in [0.25, 0.3) is 10.9 Å². The number of fused-ring (bicyclic) bond motifs is 1. The molecule has 1 aliphatic rings. The van der Waals surface area contributed by atoms with Crippen molar-refractivity contribution in [2.75, 3.05) is 44.2 Å². The van der Waals surface area contributed by atoms with Crippen LogP contribution in [0.1, 0.15) is 23.4 Å². The molecule has 1 fully saturated rings. The zero-order chi connectivity index (χ0) is 20.1. The minimum absolute atomic E-state index is 0.664. The van der Waals surface area contributed by atoms with Crippen LogP contribution in [0, 0.1) is 6.92 Å². The highest BCUT2D eigenvalue weighted by Gasteiger charge is 2.12. The van der Waals surface area contributed by atoms with Crippen LogP contribution in [0.3, 0.4) is 0 Å². The molecule has 0 spiro atoms. The summed E-state index contributed by atoms with van der Waals surface area (Å²) in [6, 6.07) is 12.2. The number of nitrogen functional groups attached to an aromatic ring is 1. The zero-order valence-electron chi connectivity index (χ0n) is 17.0. The highest BCUT2D eigenvalue weighted by atomic mass is 32.2. The molecule has 0 saturated carbocycles. The van der Waals surface area contributed by atoms with Crippen LogP contribution < -0.4 is 11.1 Å². The molecule has 0 aliphatic carbocycles. The van der Waals surface area contributed by atoms with Crippen molar-refractivity contribution in [3.05, 3.63) is 59.5 Å². The Hall–Kier alpha value is -2.15. The molecule has 0 radical (unpaired) electrons. The van der Waals surface area contributed by atoms with Crippen molar-refractivity contribution in [1.82, 2.24) is 20.2 Å². The number of thioether (sulfide) groups is 1. The predicted octanol–water partition coefficient (Wildman–Crippen LogP) is 3.50. The fourth-order valence-corrected chi connectivity index (χ4v) is 4.76. The lowest BCUT2D eigenvalue weighted by Crippen LogP contribution is -2.43. The van der Waals surface area contributed by atoms with Crippen LogP contribution in [-0.2, 0) is 6.42 Å².